The van der Waals surface area contributed by atoms with Crippen LogP contribution in [0.15, 0.2) is 43.1 Å². The third-order valence-electron chi connectivity index (χ3n) is 8.14. The van der Waals surface area contributed by atoms with Crippen LogP contribution in [0.3, 0.4) is 0 Å². The van der Waals surface area contributed by atoms with Crippen LogP contribution < -0.4 is 10.6 Å². The van der Waals surface area contributed by atoms with Gasteiger partial charge in [-0.05, 0) is 52.7 Å². The molecule has 40 heavy (non-hydrogen) atoms. The maximum atomic E-state index is 11.9. The number of hydrogen-bond acceptors (Lipinski definition) is 8. The van der Waals surface area contributed by atoms with E-state index in [9.17, 15) is 9.90 Å². The van der Waals surface area contributed by atoms with E-state index in [2.05, 4.69) is 45.7 Å². The SMILES string of the molecule is COC1(CO)CCN(c2nccc(Cc3cc4c(cn3)c(-c3cnn(C(C)(C)C(N)=O)c3)cn4C(C)C)n2)CC1. The molecule has 1 saturated heterocycles. The first-order valence-corrected chi connectivity index (χ1v) is 13.6. The second-order valence-electron chi connectivity index (χ2n) is 11.4. The van der Waals surface area contributed by atoms with Gasteiger partial charge in [-0.15, -0.1) is 0 Å². The smallest absolute Gasteiger partial charge is 0.244 e. The molecule has 4 aromatic rings. The number of carbonyl (C=O) groups is 1. The first kappa shape index (κ1) is 27.7. The van der Waals surface area contributed by atoms with Gasteiger partial charge in [-0.2, -0.15) is 5.10 Å². The zero-order valence-electron chi connectivity index (χ0n) is 23.8. The molecule has 1 amide bonds. The molecule has 0 spiro atoms. The first-order valence-electron chi connectivity index (χ1n) is 13.6. The molecule has 212 valence electrons. The Hall–Kier alpha value is -3.83. The van der Waals surface area contributed by atoms with E-state index >= 15 is 0 Å². The van der Waals surface area contributed by atoms with Crippen molar-refractivity contribution in [3.63, 3.8) is 0 Å². The van der Waals surface area contributed by atoms with E-state index in [-0.39, 0.29) is 12.6 Å². The maximum absolute atomic E-state index is 11.9. The van der Waals surface area contributed by atoms with Gasteiger partial charge in [0.2, 0.25) is 11.9 Å². The summed E-state index contributed by atoms with van der Waals surface area (Å²) in [6.07, 6.45) is 11.4. The van der Waals surface area contributed by atoms with Gasteiger partial charge in [0.05, 0.1) is 29.6 Å². The number of aromatic nitrogens is 6. The van der Waals surface area contributed by atoms with Gasteiger partial charge in [-0.3, -0.25) is 14.5 Å². The Labute approximate surface area is 234 Å². The summed E-state index contributed by atoms with van der Waals surface area (Å²) >= 11 is 0. The van der Waals surface area contributed by atoms with Crippen molar-refractivity contribution in [2.45, 2.75) is 64.1 Å². The van der Waals surface area contributed by atoms with Crippen LogP contribution in [0, 0.1) is 0 Å². The number of amides is 1. The number of hydrogen-bond donors (Lipinski definition) is 2. The van der Waals surface area contributed by atoms with Crippen LogP contribution in [0.25, 0.3) is 22.0 Å². The highest BCUT2D eigenvalue weighted by atomic mass is 16.5. The molecule has 4 aromatic heterocycles. The Kier molecular flexibility index (Phi) is 7.36. The molecule has 5 heterocycles. The summed E-state index contributed by atoms with van der Waals surface area (Å²) in [5.74, 6) is 0.240. The van der Waals surface area contributed by atoms with Gasteiger partial charge in [-0.25, -0.2) is 9.97 Å². The Balaban J connectivity index is 1.41. The van der Waals surface area contributed by atoms with Crippen molar-refractivity contribution in [2.24, 2.45) is 5.73 Å². The van der Waals surface area contributed by atoms with Crippen LogP contribution in [0.4, 0.5) is 5.95 Å². The van der Waals surface area contributed by atoms with Crippen LogP contribution in [0.1, 0.15) is 58.0 Å². The molecule has 1 aliphatic rings. The zero-order valence-corrected chi connectivity index (χ0v) is 23.8. The normalized spacial score (nSPS) is 15.7. The number of nitrogens with two attached hydrogens (primary N) is 1. The number of aliphatic hydroxyl groups excluding tert-OH is 1. The minimum absolute atomic E-state index is 0.0138. The number of anilines is 1. The summed E-state index contributed by atoms with van der Waals surface area (Å²) in [5, 5.41) is 15.2. The van der Waals surface area contributed by atoms with Crippen molar-refractivity contribution in [3.8, 4) is 11.1 Å². The number of piperidine rings is 1. The lowest BCUT2D eigenvalue weighted by Gasteiger charge is -2.39. The predicted molar refractivity (Wildman–Crippen MR) is 153 cm³/mol. The molecule has 0 bridgehead atoms. The van der Waals surface area contributed by atoms with E-state index < -0.39 is 17.0 Å². The topological polar surface area (TPSA) is 137 Å². The van der Waals surface area contributed by atoms with Gasteiger partial charge in [0.15, 0.2) is 0 Å². The van der Waals surface area contributed by atoms with E-state index in [1.807, 2.05) is 18.5 Å². The standard InChI is InChI=1S/C29H38N8O3/c1-19(2)36-17-24(20-14-33-37(16-20)28(3,4)26(30)39)23-15-32-22(13-25(23)36)12-21-6-9-31-27(34-21)35-10-7-29(18-38,40-5)8-11-35/h6,9,13-17,19,38H,7-8,10-12,18H2,1-5H3,(H2,30,39). The molecule has 1 fully saturated rings. The highest BCUT2D eigenvalue weighted by Gasteiger charge is 2.35. The van der Waals surface area contributed by atoms with Crippen LogP contribution >= 0.6 is 0 Å². The third-order valence-corrected chi connectivity index (χ3v) is 8.14. The van der Waals surface area contributed by atoms with Crippen molar-refractivity contribution in [1.82, 2.24) is 29.3 Å². The van der Waals surface area contributed by atoms with Crippen molar-refractivity contribution in [1.29, 1.82) is 0 Å². The van der Waals surface area contributed by atoms with E-state index in [0.29, 0.717) is 12.4 Å². The lowest BCUT2D eigenvalue weighted by atomic mass is 9.92. The number of pyridine rings is 1. The molecule has 3 N–H and O–H groups in total. The molecule has 5 rings (SSSR count). The lowest BCUT2D eigenvalue weighted by molar-refractivity contribution is -0.125. The summed E-state index contributed by atoms with van der Waals surface area (Å²) in [7, 11) is 1.66. The molecule has 0 aliphatic carbocycles. The number of carbonyl (C=O) groups excluding carboxylic acids is 1. The summed E-state index contributed by atoms with van der Waals surface area (Å²) in [4.78, 5) is 28.2. The molecule has 0 unspecified atom stereocenters. The third kappa shape index (κ3) is 5.06. The van der Waals surface area contributed by atoms with Crippen LogP contribution in [0.2, 0.25) is 0 Å². The summed E-state index contributed by atoms with van der Waals surface area (Å²) in [6.45, 7) is 9.26. The minimum atomic E-state index is -0.934. The van der Waals surface area contributed by atoms with Crippen LogP contribution in [-0.2, 0) is 21.5 Å². The van der Waals surface area contributed by atoms with Gasteiger partial charge in [0.1, 0.15) is 5.54 Å². The Bertz CT molecular complexity index is 1510. The summed E-state index contributed by atoms with van der Waals surface area (Å²) < 4.78 is 9.42. The number of rotatable bonds is 9. The van der Waals surface area contributed by atoms with Crippen molar-refractivity contribution >= 4 is 22.8 Å². The number of fused-ring (bicyclic) bond motifs is 1. The maximum Gasteiger partial charge on any atom is 0.244 e. The van der Waals surface area contributed by atoms with Gasteiger partial charge >= 0.3 is 0 Å². The number of methoxy groups -OCH3 is 1. The van der Waals surface area contributed by atoms with Gasteiger partial charge in [0.25, 0.3) is 0 Å². The van der Waals surface area contributed by atoms with Gasteiger partial charge < -0.3 is 25.0 Å². The van der Waals surface area contributed by atoms with Crippen LogP contribution in [-0.4, -0.2) is 72.7 Å². The van der Waals surface area contributed by atoms with Crippen molar-refractivity contribution in [3.05, 3.63) is 54.5 Å². The molecule has 0 saturated carbocycles. The molecule has 0 atom stereocenters. The molecule has 11 heteroatoms. The number of aliphatic hydroxyl groups is 1. The van der Waals surface area contributed by atoms with E-state index in [4.69, 9.17) is 20.4 Å². The van der Waals surface area contributed by atoms with E-state index in [1.165, 1.54) is 0 Å². The largest absolute Gasteiger partial charge is 0.393 e. The monoisotopic (exact) mass is 546 g/mol. The molecule has 0 aromatic carbocycles. The second-order valence-corrected chi connectivity index (χ2v) is 11.4. The highest BCUT2D eigenvalue weighted by molar-refractivity contribution is 5.95. The van der Waals surface area contributed by atoms with E-state index in [1.54, 1.807) is 38.0 Å². The Morgan fingerprint density at radius 1 is 1.18 bits per heavy atom. The highest BCUT2D eigenvalue weighted by Crippen LogP contribution is 2.34. The fraction of sp³-hybridized carbons (Fsp3) is 0.483. The van der Waals surface area contributed by atoms with Crippen molar-refractivity contribution < 1.29 is 14.6 Å². The number of ether oxygens (including phenoxy) is 1. The van der Waals surface area contributed by atoms with Gasteiger partial charge in [-0.1, -0.05) is 0 Å². The predicted octanol–water partition coefficient (Wildman–Crippen LogP) is 3.06. The van der Waals surface area contributed by atoms with Crippen LogP contribution in [0.5, 0.6) is 0 Å². The fourth-order valence-corrected chi connectivity index (χ4v) is 5.18. The average Bonchev–Trinajstić information content (AvgIpc) is 3.59. The molecular formula is C29H38N8O3. The zero-order chi connectivity index (χ0) is 28.7. The fourth-order valence-electron chi connectivity index (χ4n) is 5.18. The Morgan fingerprint density at radius 3 is 2.58 bits per heavy atom. The summed E-state index contributed by atoms with van der Waals surface area (Å²) in [5.41, 5.74) is 8.95. The second kappa shape index (κ2) is 10.6. The summed E-state index contributed by atoms with van der Waals surface area (Å²) in [6, 6.07) is 4.27. The molecule has 1 aliphatic heterocycles. The average molecular weight is 547 g/mol. The molecular weight excluding hydrogens is 508 g/mol. The Morgan fingerprint density at radius 2 is 1.93 bits per heavy atom. The van der Waals surface area contributed by atoms with Crippen molar-refractivity contribution in [2.75, 3.05) is 31.7 Å². The molecule has 0 radical (unpaired) electrons. The molecule has 11 nitrogen and oxygen atoms in total. The van der Waals surface area contributed by atoms with Gasteiger partial charge in [0, 0.05) is 79.7 Å². The van der Waals surface area contributed by atoms with E-state index in [0.717, 1.165) is 59.3 Å². The first-order chi connectivity index (χ1) is 19.1. The lowest BCUT2D eigenvalue weighted by Crippen LogP contribution is -2.48. The number of nitrogens with zero attached hydrogens (tertiary/aromatic N) is 7. The number of primary amides is 1. The minimum Gasteiger partial charge on any atom is -0.393 e. The quantitative estimate of drug-likeness (QED) is 0.327.